The van der Waals surface area contributed by atoms with Crippen molar-refractivity contribution < 1.29 is 19.1 Å². The molecule has 0 fully saturated rings. The molecule has 0 bridgehead atoms. The van der Waals surface area contributed by atoms with Crippen molar-refractivity contribution in [2.75, 3.05) is 18.9 Å². The molecule has 5 rings (SSSR count). The van der Waals surface area contributed by atoms with E-state index >= 15 is 4.39 Å². The number of nitrogens with one attached hydrogen (secondary N) is 2. The molecule has 1 aliphatic carbocycles. The van der Waals surface area contributed by atoms with Crippen LogP contribution in [-0.4, -0.2) is 60.8 Å². The highest BCUT2D eigenvalue weighted by molar-refractivity contribution is 5.80. The fraction of sp³-hybridized carbons (Fsp3) is 0.393. The molecular formula is C28H32FN7O3. The lowest BCUT2D eigenvalue weighted by atomic mass is 9.64. The van der Waals surface area contributed by atoms with E-state index in [9.17, 15) is 14.7 Å². The van der Waals surface area contributed by atoms with Crippen molar-refractivity contribution in [2.45, 2.75) is 52.2 Å². The summed E-state index contributed by atoms with van der Waals surface area (Å²) in [5.41, 5.74) is -1.62. The molecule has 1 aliphatic heterocycles. The molecule has 204 valence electrons. The van der Waals surface area contributed by atoms with Gasteiger partial charge in [-0.25, -0.2) is 19.2 Å². The normalized spacial score (nSPS) is 21.0. The van der Waals surface area contributed by atoms with Crippen LogP contribution >= 0.6 is 0 Å². The Labute approximate surface area is 225 Å². The topological polar surface area (TPSA) is 125 Å². The van der Waals surface area contributed by atoms with E-state index in [-0.39, 0.29) is 18.0 Å². The number of carbonyl (C=O) groups is 2. The minimum atomic E-state index is -2.11. The second-order valence-electron chi connectivity index (χ2n) is 11.2. The zero-order chi connectivity index (χ0) is 28.1. The molecule has 0 saturated carbocycles. The molecule has 2 aliphatic rings. The number of imidazole rings is 1. The number of amides is 2. The van der Waals surface area contributed by atoms with Gasteiger partial charge in [-0.1, -0.05) is 26.8 Å². The number of nitrogens with zero attached hydrogens (tertiary/aromatic N) is 5. The molecule has 0 radical (unpaired) electrons. The van der Waals surface area contributed by atoms with Crippen molar-refractivity contribution in [3.8, 4) is 0 Å². The molecule has 0 aromatic carbocycles. The highest BCUT2D eigenvalue weighted by atomic mass is 19.1. The monoisotopic (exact) mass is 533 g/mol. The average molecular weight is 534 g/mol. The van der Waals surface area contributed by atoms with Gasteiger partial charge in [0.1, 0.15) is 17.5 Å². The fourth-order valence-corrected chi connectivity index (χ4v) is 5.38. The maximum absolute atomic E-state index is 17.5. The molecule has 11 heteroatoms. The molecule has 2 atom stereocenters. The second-order valence-corrected chi connectivity index (χ2v) is 11.2. The summed E-state index contributed by atoms with van der Waals surface area (Å²) >= 11 is 0. The molecule has 4 heterocycles. The number of hydrogen-bond acceptors (Lipinski definition) is 6. The summed E-state index contributed by atoms with van der Waals surface area (Å²) in [6.07, 6.45) is 7.28. The number of alkyl halides is 1. The predicted molar refractivity (Wildman–Crippen MR) is 144 cm³/mol. The first-order chi connectivity index (χ1) is 18.4. The van der Waals surface area contributed by atoms with Crippen molar-refractivity contribution in [3.05, 3.63) is 64.3 Å². The van der Waals surface area contributed by atoms with E-state index in [1.54, 1.807) is 51.2 Å². The smallest absolute Gasteiger partial charge is 0.409 e. The van der Waals surface area contributed by atoms with Gasteiger partial charge in [0.25, 0.3) is 0 Å². The molecule has 3 aromatic rings. The summed E-state index contributed by atoms with van der Waals surface area (Å²) in [7, 11) is 1.78. The van der Waals surface area contributed by atoms with Crippen molar-refractivity contribution in [1.82, 2.24) is 29.7 Å². The van der Waals surface area contributed by atoms with Crippen LogP contribution in [-0.2, 0) is 17.8 Å². The van der Waals surface area contributed by atoms with Crippen LogP contribution in [0.4, 0.5) is 20.8 Å². The Bertz CT molecular complexity index is 1590. The predicted octanol–water partition coefficient (Wildman–Crippen LogP) is 2.45. The van der Waals surface area contributed by atoms with Crippen molar-refractivity contribution in [3.63, 3.8) is 0 Å². The lowest BCUT2D eigenvalue weighted by Gasteiger charge is -2.45. The molecule has 0 saturated heterocycles. The molecular weight excluding hydrogens is 501 g/mol. The molecule has 10 nitrogen and oxygen atoms in total. The largest absolute Gasteiger partial charge is 0.465 e. The van der Waals surface area contributed by atoms with Gasteiger partial charge in [-0.2, -0.15) is 0 Å². The van der Waals surface area contributed by atoms with Crippen LogP contribution in [0.1, 0.15) is 43.6 Å². The first-order valence-electron chi connectivity index (χ1n) is 12.8. The Morgan fingerprint density at radius 3 is 2.69 bits per heavy atom. The Morgan fingerprint density at radius 1 is 1.23 bits per heavy atom. The number of pyridine rings is 2. The van der Waals surface area contributed by atoms with Crippen LogP contribution in [0.25, 0.3) is 11.8 Å². The number of carboxylic acid groups (broad SMARTS) is 1. The number of aromatic nitrogens is 4. The maximum Gasteiger partial charge on any atom is 0.409 e. The third kappa shape index (κ3) is 4.62. The summed E-state index contributed by atoms with van der Waals surface area (Å²) < 4.78 is 19.4. The summed E-state index contributed by atoms with van der Waals surface area (Å²) in [6.45, 7) is 8.37. The number of hydrogen-bond donors (Lipinski definition) is 3. The number of anilines is 2. The maximum atomic E-state index is 17.5. The van der Waals surface area contributed by atoms with Gasteiger partial charge >= 0.3 is 6.09 Å². The van der Waals surface area contributed by atoms with Crippen LogP contribution in [0, 0.1) is 12.3 Å². The van der Waals surface area contributed by atoms with Crippen LogP contribution in [0.15, 0.2) is 36.9 Å². The van der Waals surface area contributed by atoms with Crippen molar-refractivity contribution >= 4 is 35.4 Å². The molecule has 0 spiro atoms. The number of likely N-dealkylation sites (N-methyl/N-ethyl adjacent to an activating group) is 1. The zero-order valence-corrected chi connectivity index (χ0v) is 22.6. The van der Waals surface area contributed by atoms with E-state index in [1.807, 2.05) is 29.8 Å². The average Bonchev–Trinajstić information content (AvgIpc) is 3.18. The molecule has 39 heavy (non-hydrogen) atoms. The van der Waals surface area contributed by atoms with Gasteiger partial charge in [0.15, 0.2) is 5.67 Å². The minimum absolute atomic E-state index is 0.00620. The second kappa shape index (κ2) is 9.48. The standard InChI is InChI=1S/C28H32FN7O3/c1-16-6-7-30-13-18(16)20-10-17-11-21(32-22-15-36-9-8-35(5)24(37)12-23(36)33-22)31-14-19(17)25(34-26(38)39)28(20,29)27(2,3)4/h6-7,10-11,13-15,20,32,34H,8-9,12H2,1-5H3,(H,38,39). The lowest BCUT2D eigenvalue weighted by molar-refractivity contribution is -0.128. The van der Waals surface area contributed by atoms with Gasteiger partial charge in [0.2, 0.25) is 5.91 Å². The summed E-state index contributed by atoms with van der Waals surface area (Å²) in [6, 6.07) is 3.57. The van der Waals surface area contributed by atoms with Crippen LogP contribution < -0.4 is 21.1 Å². The molecule has 3 aromatic heterocycles. The Kier molecular flexibility index (Phi) is 6.40. The van der Waals surface area contributed by atoms with E-state index < -0.39 is 23.1 Å². The lowest BCUT2D eigenvalue weighted by Crippen LogP contribution is -2.56. The van der Waals surface area contributed by atoms with Gasteiger partial charge in [0.05, 0.1) is 12.1 Å². The number of aryl methyl sites for hydroxylation is 1. The van der Waals surface area contributed by atoms with Gasteiger partial charge < -0.3 is 19.9 Å². The van der Waals surface area contributed by atoms with Gasteiger partial charge in [0, 0.05) is 61.5 Å². The van der Waals surface area contributed by atoms with Crippen molar-refractivity contribution in [2.24, 2.45) is 5.41 Å². The SMILES string of the molecule is Cc1ccncc1C1C=c2cc(Nc3cn4c(n3)CC(=O)N(C)CC4)ncc2=C(NC(=O)O)C1(F)C(C)(C)C. The first kappa shape index (κ1) is 26.3. The third-order valence-corrected chi connectivity index (χ3v) is 7.61. The van der Waals surface area contributed by atoms with Crippen LogP contribution in [0.2, 0.25) is 0 Å². The third-order valence-electron chi connectivity index (χ3n) is 7.61. The molecule has 3 N–H and O–H groups in total. The van der Waals surface area contributed by atoms with Gasteiger partial charge in [-0.15, -0.1) is 0 Å². The quantitative estimate of drug-likeness (QED) is 0.470. The number of fused-ring (bicyclic) bond motifs is 2. The van der Waals surface area contributed by atoms with E-state index in [0.29, 0.717) is 46.6 Å². The minimum Gasteiger partial charge on any atom is -0.465 e. The van der Waals surface area contributed by atoms with Crippen molar-refractivity contribution in [1.29, 1.82) is 0 Å². The Balaban J connectivity index is 1.63. The molecule has 2 amide bonds. The van der Waals surface area contributed by atoms with Crippen LogP contribution in [0.3, 0.4) is 0 Å². The van der Waals surface area contributed by atoms with E-state index in [2.05, 4.69) is 25.6 Å². The number of carbonyl (C=O) groups excluding carboxylic acids is 1. The van der Waals surface area contributed by atoms with Gasteiger partial charge in [-0.05, 0) is 35.4 Å². The zero-order valence-electron chi connectivity index (χ0n) is 22.6. The van der Waals surface area contributed by atoms with E-state index in [0.717, 1.165) is 5.56 Å². The Morgan fingerprint density at radius 2 is 2.00 bits per heavy atom. The highest BCUT2D eigenvalue weighted by Crippen LogP contribution is 2.51. The summed E-state index contributed by atoms with van der Waals surface area (Å²) in [5, 5.41) is 16.3. The fourth-order valence-electron chi connectivity index (χ4n) is 5.38. The number of halogens is 1. The first-order valence-corrected chi connectivity index (χ1v) is 12.8. The van der Waals surface area contributed by atoms with Gasteiger partial charge in [-0.3, -0.25) is 15.1 Å². The van der Waals surface area contributed by atoms with Crippen LogP contribution in [0.5, 0.6) is 0 Å². The number of rotatable bonds is 4. The molecule has 2 unspecified atom stereocenters. The highest BCUT2D eigenvalue weighted by Gasteiger charge is 2.54. The summed E-state index contributed by atoms with van der Waals surface area (Å²) in [4.78, 5) is 39.1. The summed E-state index contributed by atoms with van der Waals surface area (Å²) in [5.74, 6) is 0.846. The Hall–Kier alpha value is -4.28. The van der Waals surface area contributed by atoms with E-state index in [1.165, 1.54) is 6.20 Å². The van der Waals surface area contributed by atoms with E-state index in [4.69, 9.17) is 0 Å².